The Kier molecular flexibility index (Phi) is 7.58. The van der Waals surface area contributed by atoms with Gasteiger partial charge in [0.2, 0.25) is 10.0 Å². The molecule has 0 spiro atoms. The minimum absolute atomic E-state index is 0.0753. The van der Waals surface area contributed by atoms with Gasteiger partial charge in [0, 0.05) is 5.56 Å². The molecule has 0 aliphatic carbocycles. The Labute approximate surface area is 177 Å². The highest BCUT2D eigenvalue weighted by atomic mass is 32.2. The van der Waals surface area contributed by atoms with Gasteiger partial charge in [-0.1, -0.05) is 19.9 Å². The first-order valence-electron chi connectivity index (χ1n) is 9.39. The molecule has 0 saturated carbocycles. The predicted molar refractivity (Wildman–Crippen MR) is 113 cm³/mol. The summed E-state index contributed by atoms with van der Waals surface area (Å²) in [7, 11) is -2.41. The van der Waals surface area contributed by atoms with Crippen molar-refractivity contribution in [3.63, 3.8) is 0 Å². The van der Waals surface area contributed by atoms with Crippen LogP contribution >= 0.6 is 0 Å². The molecule has 0 saturated heterocycles. The molecule has 2 aromatic rings. The minimum atomic E-state index is -3.92. The maximum Gasteiger partial charge on any atom is 0.269 e. The number of carbonyl (C=O) groups is 2. The van der Waals surface area contributed by atoms with E-state index >= 15 is 0 Å². The average Bonchev–Trinajstić information content (AvgIpc) is 2.71. The van der Waals surface area contributed by atoms with Crippen LogP contribution in [0.25, 0.3) is 0 Å². The maximum atomic E-state index is 12.7. The van der Waals surface area contributed by atoms with Crippen LogP contribution in [0.1, 0.15) is 35.3 Å². The number of hydrogen-bond donors (Lipinski definition) is 3. The van der Waals surface area contributed by atoms with Crippen molar-refractivity contribution in [3.8, 4) is 5.75 Å². The smallest absolute Gasteiger partial charge is 0.269 e. The maximum absolute atomic E-state index is 12.7. The number of nitrogens with one attached hydrogen (secondary N) is 3. The standard InChI is InChI=1S/C21H27N3O5S/c1-13(2)19(24-30(27,28)18-11-6-14(3)15(4)12-18)21(26)23-22-20(25)16-7-9-17(29-5)10-8-16/h6-13,19,24H,1-5H3,(H,22,25)(H,23,26). The van der Waals surface area contributed by atoms with Crippen molar-refractivity contribution < 1.29 is 22.7 Å². The summed E-state index contributed by atoms with van der Waals surface area (Å²) < 4.78 is 33.0. The molecule has 2 amide bonds. The zero-order chi connectivity index (χ0) is 22.5. The van der Waals surface area contributed by atoms with E-state index in [1.807, 2.05) is 13.8 Å². The summed E-state index contributed by atoms with van der Waals surface area (Å²) in [6.45, 7) is 7.11. The SMILES string of the molecule is COc1ccc(C(=O)NNC(=O)C(NS(=O)(=O)c2ccc(C)c(C)c2)C(C)C)cc1. The molecule has 0 radical (unpaired) electrons. The number of rotatable bonds is 7. The van der Waals surface area contributed by atoms with E-state index in [0.717, 1.165) is 11.1 Å². The van der Waals surface area contributed by atoms with Gasteiger partial charge in [-0.25, -0.2) is 8.42 Å². The topological polar surface area (TPSA) is 114 Å². The quantitative estimate of drug-likeness (QED) is 0.579. The Morgan fingerprint density at radius 3 is 2.10 bits per heavy atom. The van der Waals surface area contributed by atoms with E-state index in [9.17, 15) is 18.0 Å². The summed E-state index contributed by atoms with van der Waals surface area (Å²) in [6.07, 6.45) is 0. The van der Waals surface area contributed by atoms with Crippen molar-refractivity contribution in [1.82, 2.24) is 15.6 Å². The third-order valence-corrected chi connectivity index (χ3v) is 6.11. The number of sulfonamides is 1. The van der Waals surface area contributed by atoms with Crippen molar-refractivity contribution in [2.75, 3.05) is 7.11 Å². The van der Waals surface area contributed by atoms with Gasteiger partial charge in [0.05, 0.1) is 12.0 Å². The molecular weight excluding hydrogens is 406 g/mol. The van der Waals surface area contributed by atoms with Crippen LogP contribution in [0.15, 0.2) is 47.4 Å². The van der Waals surface area contributed by atoms with Gasteiger partial charge in [0.25, 0.3) is 11.8 Å². The molecule has 0 aliphatic rings. The van der Waals surface area contributed by atoms with E-state index in [2.05, 4.69) is 15.6 Å². The number of methoxy groups -OCH3 is 1. The van der Waals surface area contributed by atoms with Crippen LogP contribution < -0.4 is 20.3 Å². The minimum Gasteiger partial charge on any atom is -0.497 e. The van der Waals surface area contributed by atoms with E-state index in [0.29, 0.717) is 11.3 Å². The third kappa shape index (κ3) is 5.80. The van der Waals surface area contributed by atoms with Gasteiger partial charge in [0.15, 0.2) is 0 Å². The predicted octanol–water partition coefficient (Wildman–Crippen LogP) is 2.08. The van der Waals surface area contributed by atoms with Gasteiger partial charge in [-0.05, 0) is 67.3 Å². The molecule has 162 valence electrons. The number of hydrogen-bond acceptors (Lipinski definition) is 5. The molecule has 2 rings (SSSR count). The first kappa shape index (κ1) is 23.4. The summed E-state index contributed by atoms with van der Waals surface area (Å²) in [4.78, 5) is 24.9. The fraction of sp³-hybridized carbons (Fsp3) is 0.333. The van der Waals surface area contributed by atoms with Gasteiger partial charge in [-0.3, -0.25) is 20.4 Å². The average molecular weight is 434 g/mol. The second-order valence-electron chi connectivity index (χ2n) is 7.26. The largest absolute Gasteiger partial charge is 0.497 e. The van der Waals surface area contributed by atoms with E-state index in [-0.39, 0.29) is 10.8 Å². The van der Waals surface area contributed by atoms with E-state index < -0.39 is 27.9 Å². The number of aryl methyl sites for hydroxylation is 2. The Morgan fingerprint density at radius 1 is 0.933 bits per heavy atom. The van der Waals surface area contributed by atoms with Crippen molar-refractivity contribution >= 4 is 21.8 Å². The number of hydrazine groups is 1. The normalized spacial score (nSPS) is 12.3. The Hall–Kier alpha value is -2.91. The number of carbonyl (C=O) groups excluding carboxylic acids is 2. The van der Waals surface area contributed by atoms with Crippen LogP contribution in [0.5, 0.6) is 5.75 Å². The zero-order valence-electron chi connectivity index (χ0n) is 17.6. The molecule has 0 aromatic heterocycles. The van der Waals surface area contributed by atoms with Gasteiger partial charge >= 0.3 is 0 Å². The van der Waals surface area contributed by atoms with Gasteiger partial charge in [-0.2, -0.15) is 4.72 Å². The molecule has 30 heavy (non-hydrogen) atoms. The van der Waals surface area contributed by atoms with Crippen molar-refractivity contribution in [2.45, 2.75) is 38.6 Å². The summed E-state index contributed by atoms with van der Waals surface area (Å²) >= 11 is 0. The fourth-order valence-electron chi connectivity index (χ4n) is 2.62. The molecule has 9 heteroatoms. The van der Waals surface area contributed by atoms with Crippen molar-refractivity contribution in [1.29, 1.82) is 0 Å². The Morgan fingerprint density at radius 2 is 1.57 bits per heavy atom. The first-order valence-corrected chi connectivity index (χ1v) is 10.9. The molecule has 1 unspecified atom stereocenters. The Balaban J connectivity index is 2.08. The lowest BCUT2D eigenvalue weighted by molar-refractivity contribution is -0.124. The third-order valence-electron chi connectivity index (χ3n) is 4.67. The van der Waals surface area contributed by atoms with Crippen molar-refractivity contribution in [3.05, 3.63) is 59.2 Å². The highest BCUT2D eigenvalue weighted by molar-refractivity contribution is 7.89. The van der Waals surface area contributed by atoms with E-state index in [1.165, 1.54) is 13.2 Å². The van der Waals surface area contributed by atoms with Crippen LogP contribution in [0, 0.1) is 19.8 Å². The van der Waals surface area contributed by atoms with Gasteiger partial charge < -0.3 is 4.74 Å². The monoisotopic (exact) mass is 433 g/mol. The molecule has 0 heterocycles. The van der Waals surface area contributed by atoms with Crippen molar-refractivity contribution in [2.24, 2.45) is 5.92 Å². The number of amides is 2. The Bertz CT molecular complexity index is 1020. The molecule has 0 aliphatic heterocycles. The summed E-state index contributed by atoms with van der Waals surface area (Å²) in [5, 5.41) is 0. The second kappa shape index (κ2) is 9.73. The lowest BCUT2D eigenvalue weighted by Gasteiger charge is -2.22. The lowest BCUT2D eigenvalue weighted by atomic mass is 10.1. The van der Waals surface area contributed by atoms with Gasteiger partial charge in [-0.15, -0.1) is 0 Å². The molecule has 2 aromatic carbocycles. The van der Waals surface area contributed by atoms with E-state index in [4.69, 9.17) is 4.74 Å². The summed E-state index contributed by atoms with van der Waals surface area (Å²) in [5.74, 6) is -0.967. The highest BCUT2D eigenvalue weighted by Crippen LogP contribution is 2.16. The van der Waals surface area contributed by atoms with Crippen LogP contribution in [-0.2, 0) is 14.8 Å². The molecular formula is C21H27N3O5S. The zero-order valence-corrected chi connectivity index (χ0v) is 18.5. The molecule has 0 bridgehead atoms. The van der Waals surface area contributed by atoms with Crippen LogP contribution in [0.4, 0.5) is 0 Å². The van der Waals surface area contributed by atoms with E-state index in [1.54, 1.807) is 50.2 Å². The van der Waals surface area contributed by atoms with Gasteiger partial charge in [0.1, 0.15) is 11.8 Å². The molecule has 0 fully saturated rings. The number of ether oxygens (including phenoxy) is 1. The molecule has 1 atom stereocenters. The lowest BCUT2D eigenvalue weighted by Crippen LogP contribution is -2.54. The highest BCUT2D eigenvalue weighted by Gasteiger charge is 2.29. The second-order valence-corrected chi connectivity index (χ2v) is 8.97. The first-order chi connectivity index (χ1) is 14.0. The molecule has 3 N–H and O–H groups in total. The number of benzene rings is 2. The summed E-state index contributed by atoms with van der Waals surface area (Å²) in [5.41, 5.74) is 6.70. The van der Waals surface area contributed by atoms with Crippen LogP contribution in [0.2, 0.25) is 0 Å². The van der Waals surface area contributed by atoms with Crippen LogP contribution in [0.3, 0.4) is 0 Å². The molecule has 8 nitrogen and oxygen atoms in total. The fourth-order valence-corrected chi connectivity index (χ4v) is 4.05. The van der Waals surface area contributed by atoms with Crippen LogP contribution in [-0.4, -0.2) is 33.4 Å². The summed E-state index contributed by atoms with van der Waals surface area (Å²) in [6, 6.07) is 10.0.